The molecule has 1 aromatic rings. The number of rotatable bonds is 4. The molecule has 5 nitrogen and oxygen atoms in total. The second-order valence-electron chi connectivity index (χ2n) is 6.35. The van der Waals surface area contributed by atoms with Crippen LogP contribution in [-0.4, -0.2) is 29.7 Å². The van der Waals surface area contributed by atoms with E-state index >= 15 is 0 Å². The predicted molar refractivity (Wildman–Crippen MR) is 89.7 cm³/mol. The highest BCUT2D eigenvalue weighted by Gasteiger charge is 2.38. The highest BCUT2D eigenvalue weighted by Crippen LogP contribution is 2.39. The number of ether oxygens (including phenoxy) is 2. The van der Waals surface area contributed by atoms with Crippen LogP contribution in [0.2, 0.25) is 0 Å². The Bertz CT molecular complexity index is 684. The molecule has 3 rings (SSSR count). The fraction of sp³-hybridized carbons (Fsp3) is 0.474. The Morgan fingerprint density at radius 1 is 1.50 bits per heavy atom. The third-order valence-electron chi connectivity index (χ3n) is 5.02. The molecule has 3 heterocycles. The molecular weight excluding hydrogens is 306 g/mol. The van der Waals surface area contributed by atoms with Crippen molar-refractivity contribution in [2.75, 3.05) is 7.11 Å². The van der Waals surface area contributed by atoms with Crippen molar-refractivity contribution >= 4 is 11.9 Å². The van der Waals surface area contributed by atoms with Crippen molar-refractivity contribution in [1.29, 1.82) is 0 Å². The standard InChI is InChI=1S/C19H23NO4/c1-4-13(17-11-12(2)18(21)24-17)14-7-5-6-10-20-15(14)8-9-16(20)19(22)23-3/h5,7-9,13-14,17H,2,4,6,10-11H2,1,3H3/t13-,14-,17-/m1/s1. The minimum Gasteiger partial charge on any atom is -0.464 e. The lowest BCUT2D eigenvalue weighted by molar-refractivity contribution is -0.141. The van der Waals surface area contributed by atoms with E-state index in [9.17, 15) is 9.59 Å². The normalized spacial score (nSPS) is 24.2. The monoisotopic (exact) mass is 329 g/mol. The van der Waals surface area contributed by atoms with Gasteiger partial charge in [-0.2, -0.15) is 0 Å². The van der Waals surface area contributed by atoms with Crippen LogP contribution in [0.25, 0.3) is 0 Å². The maximum absolute atomic E-state index is 12.0. The summed E-state index contributed by atoms with van der Waals surface area (Å²) in [5, 5.41) is 0. The third kappa shape index (κ3) is 2.79. The lowest BCUT2D eigenvalue weighted by atomic mass is 9.81. The molecule has 1 aromatic heterocycles. The van der Waals surface area contributed by atoms with Gasteiger partial charge >= 0.3 is 11.9 Å². The molecule has 128 valence electrons. The molecular formula is C19H23NO4. The Balaban J connectivity index is 1.96. The third-order valence-corrected chi connectivity index (χ3v) is 5.02. The van der Waals surface area contributed by atoms with Crippen LogP contribution < -0.4 is 0 Å². The van der Waals surface area contributed by atoms with Crippen LogP contribution in [0, 0.1) is 5.92 Å². The number of hydrogen-bond acceptors (Lipinski definition) is 4. The summed E-state index contributed by atoms with van der Waals surface area (Å²) in [4.78, 5) is 23.7. The van der Waals surface area contributed by atoms with Gasteiger partial charge in [0.15, 0.2) is 0 Å². The molecule has 0 bridgehead atoms. The van der Waals surface area contributed by atoms with E-state index in [1.165, 1.54) is 7.11 Å². The second kappa shape index (κ2) is 6.67. The number of esters is 2. The average Bonchev–Trinajstić information content (AvgIpc) is 3.07. The quantitative estimate of drug-likeness (QED) is 0.483. The molecule has 0 radical (unpaired) electrons. The van der Waals surface area contributed by atoms with Gasteiger partial charge in [0.2, 0.25) is 0 Å². The van der Waals surface area contributed by atoms with Crippen LogP contribution in [-0.2, 0) is 20.8 Å². The van der Waals surface area contributed by atoms with Crippen molar-refractivity contribution < 1.29 is 19.1 Å². The maximum atomic E-state index is 12.0. The van der Waals surface area contributed by atoms with E-state index in [1.54, 1.807) is 0 Å². The molecule has 0 aromatic carbocycles. The Morgan fingerprint density at radius 3 is 2.92 bits per heavy atom. The second-order valence-corrected chi connectivity index (χ2v) is 6.35. The molecule has 1 saturated heterocycles. The SMILES string of the molecule is C=C1C[C@H]([C@H](CC)[C@H]2C=CCCn3c(C(=O)OC)ccc32)OC1=O. The first-order valence-corrected chi connectivity index (χ1v) is 8.40. The van der Waals surface area contributed by atoms with Crippen molar-refractivity contribution in [2.45, 2.75) is 44.8 Å². The molecule has 0 aliphatic carbocycles. The number of hydrogen-bond donors (Lipinski definition) is 0. The first-order chi connectivity index (χ1) is 11.6. The van der Waals surface area contributed by atoms with E-state index in [0.29, 0.717) is 17.7 Å². The highest BCUT2D eigenvalue weighted by molar-refractivity contribution is 5.90. The first-order valence-electron chi connectivity index (χ1n) is 8.40. The summed E-state index contributed by atoms with van der Waals surface area (Å²) in [6, 6.07) is 3.81. The van der Waals surface area contributed by atoms with Crippen molar-refractivity contribution in [3.8, 4) is 0 Å². The molecule has 0 saturated carbocycles. The molecule has 24 heavy (non-hydrogen) atoms. The number of carbonyl (C=O) groups is 2. The van der Waals surface area contributed by atoms with Gasteiger partial charge in [0.1, 0.15) is 11.8 Å². The van der Waals surface area contributed by atoms with Gasteiger partial charge in [0.25, 0.3) is 0 Å². The van der Waals surface area contributed by atoms with Gasteiger partial charge in [-0.25, -0.2) is 9.59 Å². The van der Waals surface area contributed by atoms with Gasteiger partial charge in [0, 0.05) is 36.1 Å². The molecule has 2 aliphatic rings. The number of methoxy groups -OCH3 is 1. The molecule has 0 unspecified atom stereocenters. The van der Waals surface area contributed by atoms with Crippen molar-refractivity contribution in [3.05, 3.63) is 47.8 Å². The number of cyclic esters (lactones) is 1. The Kier molecular flexibility index (Phi) is 4.60. The molecule has 3 atom stereocenters. The van der Waals surface area contributed by atoms with Crippen molar-refractivity contribution in [3.63, 3.8) is 0 Å². The lowest BCUT2D eigenvalue weighted by Crippen LogP contribution is -2.27. The zero-order valence-electron chi connectivity index (χ0n) is 14.2. The number of allylic oxidation sites excluding steroid dienone is 2. The topological polar surface area (TPSA) is 57.5 Å². The number of fused-ring (bicyclic) bond motifs is 1. The lowest BCUT2D eigenvalue weighted by Gasteiger charge is -2.28. The van der Waals surface area contributed by atoms with E-state index in [-0.39, 0.29) is 29.9 Å². The minimum atomic E-state index is -0.323. The van der Waals surface area contributed by atoms with E-state index in [4.69, 9.17) is 9.47 Å². The Morgan fingerprint density at radius 2 is 2.29 bits per heavy atom. The zero-order chi connectivity index (χ0) is 17.3. The van der Waals surface area contributed by atoms with Crippen LogP contribution >= 0.6 is 0 Å². The van der Waals surface area contributed by atoms with Crippen LogP contribution in [0.3, 0.4) is 0 Å². The summed E-state index contributed by atoms with van der Waals surface area (Å²) in [7, 11) is 1.40. The molecule has 0 amide bonds. The molecule has 0 N–H and O–H groups in total. The van der Waals surface area contributed by atoms with Gasteiger partial charge in [0.05, 0.1) is 7.11 Å². The van der Waals surface area contributed by atoms with Crippen molar-refractivity contribution in [2.24, 2.45) is 5.92 Å². The highest BCUT2D eigenvalue weighted by atomic mass is 16.6. The minimum absolute atomic E-state index is 0.0969. The molecule has 0 spiro atoms. The summed E-state index contributed by atoms with van der Waals surface area (Å²) in [5.41, 5.74) is 2.19. The van der Waals surface area contributed by atoms with Gasteiger partial charge in [-0.3, -0.25) is 0 Å². The van der Waals surface area contributed by atoms with Crippen molar-refractivity contribution in [1.82, 2.24) is 4.57 Å². The fourth-order valence-electron chi connectivity index (χ4n) is 3.79. The summed E-state index contributed by atoms with van der Waals surface area (Å²) in [6.45, 7) is 6.64. The van der Waals surface area contributed by atoms with Gasteiger partial charge in [-0.1, -0.05) is 25.7 Å². The molecule has 2 aliphatic heterocycles. The van der Waals surface area contributed by atoms with Gasteiger partial charge in [-0.05, 0) is 25.0 Å². The van der Waals surface area contributed by atoms with E-state index < -0.39 is 0 Å². The first kappa shape index (κ1) is 16.6. The maximum Gasteiger partial charge on any atom is 0.354 e. The van der Waals surface area contributed by atoms with Gasteiger partial charge in [-0.15, -0.1) is 0 Å². The van der Waals surface area contributed by atoms with Crippen LogP contribution in [0.4, 0.5) is 0 Å². The fourth-order valence-corrected chi connectivity index (χ4v) is 3.79. The Hall–Kier alpha value is -2.30. The van der Waals surface area contributed by atoms with Crippen LogP contribution in [0.5, 0.6) is 0 Å². The number of nitrogens with zero attached hydrogens (tertiary/aromatic N) is 1. The summed E-state index contributed by atoms with van der Waals surface area (Å²) in [5.74, 6) is -0.362. The van der Waals surface area contributed by atoms with E-state index in [0.717, 1.165) is 25.1 Å². The summed E-state index contributed by atoms with van der Waals surface area (Å²) < 4.78 is 12.5. The molecule has 5 heteroatoms. The predicted octanol–water partition coefficient (Wildman–Crippen LogP) is 3.22. The average molecular weight is 329 g/mol. The van der Waals surface area contributed by atoms with E-state index in [2.05, 4.69) is 25.7 Å². The zero-order valence-corrected chi connectivity index (χ0v) is 14.2. The molecule has 1 fully saturated rings. The van der Waals surface area contributed by atoms with E-state index in [1.807, 2.05) is 16.7 Å². The summed E-state index contributed by atoms with van der Waals surface area (Å²) in [6.07, 6.45) is 6.48. The smallest absolute Gasteiger partial charge is 0.354 e. The number of carbonyl (C=O) groups excluding carboxylic acids is 2. The Labute approximate surface area is 141 Å². The summed E-state index contributed by atoms with van der Waals surface area (Å²) >= 11 is 0. The van der Waals surface area contributed by atoms with Crippen LogP contribution in [0.15, 0.2) is 36.4 Å². The van der Waals surface area contributed by atoms with Gasteiger partial charge < -0.3 is 14.0 Å². The largest absolute Gasteiger partial charge is 0.464 e. The van der Waals surface area contributed by atoms with Crippen LogP contribution in [0.1, 0.15) is 48.3 Å². The number of aromatic nitrogens is 1.